The Morgan fingerprint density at radius 3 is 1.73 bits per heavy atom. The first kappa shape index (κ1) is 18.2. The third kappa shape index (κ3) is 5.53. The number of hydrogen-bond donors (Lipinski definition) is 0. The summed E-state index contributed by atoms with van der Waals surface area (Å²) in [5.74, 6) is -1.20. The third-order valence-electron chi connectivity index (χ3n) is 2.31. The number of ether oxygens (including phenoxy) is 1. The van der Waals surface area contributed by atoms with E-state index in [4.69, 9.17) is 13.1 Å². The van der Waals surface area contributed by atoms with Crippen LogP contribution in [0.4, 0.5) is 0 Å². The molecule has 0 unspecified atom stereocenters. The fourth-order valence-corrected chi connectivity index (χ4v) is 2.49. The highest BCUT2D eigenvalue weighted by Crippen LogP contribution is 2.32. The van der Waals surface area contributed by atoms with Gasteiger partial charge < -0.3 is 13.1 Å². The molecule has 0 heterocycles. The fraction of sp³-hybridized carbons (Fsp3) is 0.417. The molecular weight excluding hydrogens is 336 g/mol. The van der Waals surface area contributed by atoms with Gasteiger partial charge in [-0.2, -0.15) is 16.8 Å². The van der Waals surface area contributed by atoms with Crippen molar-refractivity contribution in [2.45, 2.75) is 13.8 Å². The van der Waals surface area contributed by atoms with Crippen LogP contribution in [0.15, 0.2) is 12.1 Å². The number of benzene rings is 1. The highest BCUT2D eigenvalue weighted by Gasteiger charge is 2.20. The van der Waals surface area contributed by atoms with E-state index in [9.17, 15) is 21.6 Å². The zero-order valence-electron chi connectivity index (χ0n) is 12.4. The maximum atomic E-state index is 11.8. The van der Waals surface area contributed by atoms with Gasteiger partial charge in [-0.25, -0.2) is 4.79 Å². The van der Waals surface area contributed by atoms with Crippen molar-refractivity contribution in [3.63, 3.8) is 0 Å². The zero-order valence-corrected chi connectivity index (χ0v) is 14.1. The van der Waals surface area contributed by atoms with Crippen LogP contribution in [0.3, 0.4) is 0 Å². The molecule has 0 aliphatic carbocycles. The van der Waals surface area contributed by atoms with Crippen LogP contribution in [0.1, 0.15) is 22.8 Å². The van der Waals surface area contributed by atoms with Gasteiger partial charge in [0.1, 0.15) is 11.5 Å². The van der Waals surface area contributed by atoms with Crippen molar-refractivity contribution in [2.75, 3.05) is 19.1 Å². The number of carbonyl (C=O) groups is 1. The van der Waals surface area contributed by atoms with E-state index in [-0.39, 0.29) is 29.2 Å². The fourth-order valence-electron chi connectivity index (χ4n) is 1.49. The molecule has 1 rings (SSSR count). The SMILES string of the molecule is CCOC(=O)c1cc(OS(C)(=O)=O)c(C)c(OS(C)(=O)=O)c1. The van der Waals surface area contributed by atoms with Crippen LogP contribution >= 0.6 is 0 Å². The van der Waals surface area contributed by atoms with Gasteiger partial charge in [0.25, 0.3) is 0 Å². The Labute approximate surface area is 129 Å². The molecule has 0 radical (unpaired) electrons. The topological polar surface area (TPSA) is 113 Å². The first-order valence-corrected chi connectivity index (χ1v) is 9.67. The van der Waals surface area contributed by atoms with Crippen LogP contribution in [0.5, 0.6) is 11.5 Å². The molecular formula is C12H16O8S2. The van der Waals surface area contributed by atoms with Crippen molar-refractivity contribution in [3.05, 3.63) is 23.3 Å². The Bertz CT molecular complexity index is 722. The quantitative estimate of drug-likeness (QED) is 0.547. The lowest BCUT2D eigenvalue weighted by atomic mass is 10.1. The molecule has 0 N–H and O–H groups in total. The molecule has 0 fully saturated rings. The summed E-state index contributed by atoms with van der Waals surface area (Å²) in [5, 5.41) is 0. The lowest BCUT2D eigenvalue weighted by molar-refractivity contribution is 0.0525. The van der Waals surface area contributed by atoms with E-state index >= 15 is 0 Å². The molecule has 0 bridgehead atoms. The van der Waals surface area contributed by atoms with Gasteiger partial charge in [0.05, 0.1) is 24.7 Å². The van der Waals surface area contributed by atoms with Crippen molar-refractivity contribution >= 4 is 26.2 Å². The molecule has 10 heteroatoms. The van der Waals surface area contributed by atoms with E-state index in [1.165, 1.54) is 6.92 Å². The van der Waals surface area contributed by atoms with Crippen LogP contribution in [0.25, 0.3) is 0 Å². The summed E-state index contributed by atoms with van der Waals surface area (Å²) in [7, 11) is -7.74. The maximum Gasteiger partial charge on any atom is 0.338 e. The minimum atomic E-state index is -3.87. The Balaban J connectivity index is 3.45. The lowest BCUT2D eigenvalue weighted by Gasteiger charge is -2.13. The molecule has 0 spiro atoms. The van der Waals surface area contributed by atoms with Crippen molar-refractivity contribution in [2.24, 2.45) is 0 Å². The molecule has 0 aliphatic rings. The second-order valence-corrected chi connectivity index (χ2v) is 7.54. The summed E-state index contributed by atoms with van der Waals surface area (Å²) < 4.78 is 59.3. The standard InChI is InChI=1S/C12H16O8S2/c1-5-18-12(13)9-6-10(19-21(3,14)15)8(2)11(7-9)20-22(4,16)17/h6-7H,5H2,1-4H3. The number of carbonyl (C=O) groups excluding carboxylic acids is 1. The second kappa shape index (κ2) is 6.53. The van der Waals surface area contributed by atoms with Gasteiger partial charge in [-0.1, -0.05) is 0 Å². The summed E-state index contributed by atoms with van der Waals surface area (Å²) in [6.07, 6.45) is 1.64. The monoisotopic (exact) mass is 352 g/mol. The van der Waals surface area contributed by atoms with E-state index in [1.807, 2.05) is 0 Å². The van der Waals surface area contributed by atoms with E-state index in [0.29, 0.717) is 0 Å². The van der Waals surface area contributed by atoms with Gasteiger partial charge in [0, 0.05) is 5.56 Å². The molecule has 1 aromatic carbocycles. The van der Waals surface area contributed by atoms with Crippen molar-refractivity contribution in [1.82, 2.24) is 0 Å². The van der Waals surface area contributed by atoms with E-state index in [0.717, 1.165) is 24.6 Å². The first-order chi connectivity index (χ1) is 9.93. The summed E-state index contributed by atoms with van der Waals surface area (Å²) >= 11 is 0. The van der Waals surface area contributed by atoms with Crippen LogP contribution < -0.4 is 8.37 Å². The minimum absolute atomic E-state index is 0.0928. The molecule has 0 amide bonds. The predicted octanol–water partition coefficient (Wildman–Crippen LogP) is 0.849. The average Bonchev–Trinajstić information content (AvgIpc) is 2.30. The smallest absolute Gasteiger partial charge is 0.338 e. The van der Waals surface area contributed by atoms with E-state index in [2.05, 4.69) is 0 Å². The highest BCUT2D eigenvalue weighted by atomic mass is 32.2. The van der Waals surface area contributed by atoms with Gasteiger partial charge >= 0.3 is 26.2 Å². The number of rotatable bonds is 6. The Kier molecular flexibility index (Phi) is 5.41. The van der Waals surface area contributed by atoms with Gasteiger partial charge in [0.2, 0.25) is 0 Å². The Morgan fingerprint density at radius 2 is 1.41 bits per heavy atom. The predicted molar refractivity (Wildman–Crippen MR) is 78.1 cm³/mol. The molecule has 22 heavy (non-hydrogen) atoms. The average molecular weight is 352 g/mol. The number of esters is 1. The molecule has 0 saturated heterocycles. The van der Waals surface area contributed by atoms with E-state index < -0.39 is 26.2 Å². The van der Waals surface area contributed by atoms with Crippen molar-refractivity contribution in [3.8, 4) is 11.5 Å². The molecule has 8 nitrogen and oxygen atoms in total. The van der Waals surface area contributed by atoms with Crippen LogP contribution in [0.2, 0.25) is 0 Å². The summed E-state index contributed by atoms with van der Waals surface area (Å²) in [6, 6.07) is 2.28. The minimum Gasteiger partial charge on any atom is -0.462 e. The second-order valence-electron chi connectivity index (χ2n) is 4.39. The summed E-state index contributed by atoms with van der Waals surface area (Å²) in [6.45, 7) is 3.08. The Morgan fingerprint density at radius 1 is 1.00 bits per heavy atom. The highest BCUT2D eigenvalue weighted by molar-refractivity contribution is 7.86. The normalized spacial score (nSPS) is 11.8. The van der Waals surface area contributed by atoms with Gasteiger partial charge in [-0.15, -0.1) is 0 Å². The molecule has 0 aromatic heterocycles. The molecule has 0 atom stereocenters. The first-order valence-electron chi connectivity index (χ1n) is 6.03. The summed E-state index contributed by atoms with van der Waals surface area (Å²) in [5.41, 5.74) is 0.0219. The van der Waals surface area contributed by atoms with Gasteiger partial charge in [-0.3, -0.25) is 0 Å². The van der Waals surface area contributed by atoms with Crippen molar-refractivity contribution < 1.29 is 34.7 Å². The van der Waals surface area contributed by atoms with Crippen LogP contribution in [-0.2, 0) is 25.0 Å². The lowest BCUT2D eigenvalue weighted by Crippen LogP contribution is -2.12. The van der Waals surface area contributed by atoms with Gasteiger partial charge in [-0.05, 0) is 26.0 Å². The van der Waals surface area contributed by atoms with Gasteiger partial charge in [0.15, 0.2) is 0 Å². The number of hydrogen-bond acceptors (Lipinski definition) is 8. The Hall–Kier alpha value is -1.81. The maximum absolute atomic E-state index is 11.8. The zero-order chi connectivity index (χ0) is 17.1. The summed E-state index contributed by atoms with van der Waals surface area (Å²) in [4.78, 5) is 11.8. The van der Waals surface area contributed by atoms with Crippen molar-refractivity contribution in [1.29, 1.82) is 0 Å². The van der Waals surface area contributed by atoms with E-state index in [1.54, 1.807) is 6.92 Å². The molecule has 0 aliphatic heterocycles. The van der Waals surface area contributed by atoms with Crippen LogP contribution in [0, 0.1) is 6.92 Å². The third-order valence-corrected chi connectivity index (χ3v) is 3.27. The molecule has 124 valence electrons. The molecule has 1 aromatic rings. The molecule has 0 saturated carbocycles. The largest absolute Gasteiger partial charge is 0.462 e. The van der Waals surface area contributed by atoms with Crippen LogP contribution in [-0.4, -0.2) is 41.9 Å².